The summed E-state index contributed by atoms with van der Waals surface area (Å²) in [6, 6.07) is 16.1. The van der Waals surface area contributed by atoms with Crippen molar-refractivity contribution < 1.29 is 14.3 Å². The van der Waals surface area contributed by atoms with Crippen molar-refractivity contribution in [2.75, 3.05) is 12.0 Å². The van der Waals surface area contributed by atoms with Gasteiger partial charge in [0.05, 0.1) is 17.3 Å². The molecule has 0 unspecified atom stereocenters. The molecule has 0 fully saturated rings. The largest absolute Gasteiger partial charge is 0.460 e. The molecule has 2 aromatic rings. The van der Waals surface area contributed by atoms with E-state index in [4.69, 9.17) is 16.3 Å². The molecule has 0 atom stereocenters. The summed E-state index contributed by atoms with van der Waals surface area (Å²) in [6.45, 7) is 1.75. The molecular weight excluding hydrogens is 348 g/mol. The molecule has 0 spiro atoms. The van der Waals surface area contributed by atoms with Crippen LogP contribution in [0.3, 0.4) is 0 Å². The zero-order valence-corrected chi connectivity index (χ0v) is 14.4. The second kappa shape index (κ2) is 9.10. The van der Waals surface area contributed by atoms with E-state index in [-0.39, 0.29) is 11.7 Å². The Morgan fingerprint density at radius 1 is 1.12 bits per heavy atom. The van der Waals surface area contributed by atoms with Gasteiger partial charge >= 0.3 is 5.97 Å². The van der Waals surface area contributed by atoms with Crippen molar-refractivity contribution in [3.05, 3.63) is 59.6 Å². The second-order valence-corrected chi connectivity index (χ2v) is 5.94. The van der Waals surface area contributed by atoms with Crippen LogP contribution in [0.4, 0.5) is 5.69 Å². The lowest BCUT2D eigenvalue weighted by atomic mass is 10.3. The summed E-state index contributed by atoms with van der Waals surface area (Å²) in [5.74, 6) is -1.76. The summed E-state index contributed by atoms with van der Waals surface area (Å²) in [7, 11) is 0. The highest BCUT2D eigenvalue weighted by Crippen LogP contribution is 2.23. The molecule has 2 rings (SSSR count). The molecule has 0 saturated heterocycles. The van der Waals surface area contributed by atoms with Gasteiger partial charge in [0.15, 0.2) is 5.04 Å². The van der Waals surface area contributed by atoms with Crippen LogP contribution in [0, 0.1) is 0 Å². The van der Waals surface area contributed by atoms with Gasteiger partial charge in [0.25, 0.3) is 5.78 Å². The third-order valence-electron chi connectivity index (χ3n) is 2.76. The molecule has 0 aliphatic heterocycles. The molecule has 7 heteroatoms. The van der Waals surface area contributed by atoms with E-state index < -0.39 is 11.8 Å². The van der Waals surface area contributed by atoms with Gasteiger partial charge in [-0.3, -0.25) is 10.2 Å². The van der Waals surface area contributed by atoms with Crippen LogP contribution in [-0.2, 0) is 14.3 Å². The Balaban J connectivity index is 2.24. The lowest BCUT2D eigenvalue weighted by molar-refractivity contribution is -0.150. The van der Waals surface area contributed by atoms with Gasteiger partial charge in [-0.1, -0.05) is 53.7 Å². The fourth-order valence-electron chi connectivity index (χ4n) is 1.67. The van der Waals surface area contributed by atoms with Gasteiger partial charge in [0, 0.05) is 4.90 Å². The SMILES string of the molecule is CCOC(=O)C(=O)/C(=N\Nc1ccccc1Cl)Sc1ccccc1. The first-order chi connectivity index (χ1) is 11.6. The summed E-state index contributed by atoms with van der Waals surface area (Å²) >= 11 is 7.11. The summed E-state index contributed by atoms with van der Waals surface area (Å²) in [5.41, 5.74) is 3.25. The maximum absolute atomic E-state index is 12.2. The number of nitrogens with one attached hydrogen (secondary N) is 1. The van der Waals surface area contributed by atoms with Gasteiger partial charge in [-0.25, -0.2) is 4.79 Å². The van der Waals surface area contributed by atoms with Crippen LogP contribution in [-0.4, -0.2) is 23.4 Å². The van der Waals surface area contributed by atoms with Crippen LogP contribution >= 0.6 is 23.4 Å². The molecule has 124 valence electrons. The standard InChI is InChI=1S/C17H15ClN2O3S/c1-2-23-17(22)15(21)16(24-12-8-4-3-5-9-12)20-19-14-11-7-6-10-13(14)18/h3-11,19H,2H2,1H3/b20-16+. The summed E-state index contributed by atoms with van der Waals surface area (Å²) < 4.78 is 4.76. The van der Waals surface area contributed by atoms with E-state index in [0.717, 1.165) is 16.7 Å². The van der Waals surface area contributed by atoms with Gasteiger partial charge < -0.3 is 4.74 Å². The highest BCUT2D eigenvalue weighted by atomic mass is 35.5. The van der Waals surface area contributed by atoms with Crippen molar-refractivity contribution in [3.8, 4) is 0 Å². The fourth-order valence-corrected chi connectivity index (χ4v) is 2.63. The predicted octanol–water partition coefficient (Wildman–Crippen LogP) is 3.99. The number of hydrogen-bond donors (Lipinski definition) is 1. The average Bonchev–Trinajstić information content (AvgIpc) is 2.60. The monoisotopic (exact) mass is 362 g/mol. The highest BCUT2D eigenvalue weighted by molar-refractivity contribution is 8.16. The molecule has 0 bridgehead atoms. The van der Waals surface area contributed by atoms with E-state index in [1.165, 1.54) is 0 Å². The Hall–Kier alpha value is -2.31. The maximum Gasteiger partial charge on any atom is 0.382 e. The molecule has 0 aliphatic carbocycles. The van der Waals surface area contributed by atoms with E-state index in [9.17, 15) is 9.59 Å². The topological polar surface area (TPSA) is 67.8 Å². The zero-order valence-electron chi connectivity index (χ0n) is 12.9. The zero-order chi connectivity index (χ0) is 17.4. The van der Waals surface area contributed by atoms with Gasteiger partial charge in [-0.2, -0.15) is 5.10 Å². The quantitative estimate of drug-likeness (QED) is 0.210. The Morgan fingerprint density at radius 3 is 2.46 bits per heavy atom. The number of hydrazone groups is 1. The number of ether oxygens (including phenoxy) is 1. The number of thioether (sulfide) groups is 1. The van der Waals surface area contributed by atoms with Crippen molar-refractivity contribution in [2.45, 2.75) is 11.8 Å². The first-order valence-corrected chi connectivity index (χ1v) is 8.34. The van der Waals surface area contributed by atoms with Crippen LogP contribution in [0.2, 0.25) is 5.02 Å². The lowest BCUT2D eigenvalue weighted by Gasteiger charge is -2.07. The maximum atomic E-state index is 12.2. The first-order valence-electron chi connectivity index (χ1n) is 7.14. The van der Waals surface area contributed by atoms with Crippen LogP contribution in [0.25, 0.3) is 0 Å². The summed E-state index contributed by atoms with van der Waals surface area (Å²) in [4.78, 5) is 24.8. The Bertz CT molecular complexity index is 751. The molecule has 0 aliphatic rings. The van der Waals surface area contributed by atoms with Gasteiger partial charge in [-0.15, -0.1) is 0 Å². The molecule has 2 aromatic carbocycles. The predicted molar refractivity (Wildman–Crippen MR) is 96.4 cm³/mol. The number of hydrogen-bond acceptors (Lipinski definition) is 6. The Kier molecular flexibility index (Phi) is 6.84. The van der Waals surface area contributed by atoms with E-state index in [0.29, 0.717) is 10.7 Å². The summed E-state index contributed by atoms with van der Waals surface area (Å²) in [5, 5.41) is 4.47. The van der Waals surface area contributed by atoms with E-state index in [2.05, 4.69) is 10.5 Å². The number of para-hydroxylation sites is 1. The Morgan fingerprint density at radius 2 is 1.79 bits per heavy atom. The number of halogens is 1. The number of ketones is 1. The minimum atomic E-state index is -0.944. The molecule has 0 saturated carbocycles. The molecule has 24 heavy (non-hydrogen) atoms. The number of anilines is 1. The Labute approximate surface area is 149 Å². The number of carbonyl (C=O) groups excluding carboxylic acids is 2. The molecule has 0 radical (unpaired) electrons. The molecule has 5 nitrogen and oxygen atoms in total. The van der Waals surface area contributed by atoms with E-state index in [1.807, 2.05) is 30.3 Å². The normalized spacial score (nSPS) is 11.0. The van der Waals surface area contributed by atoms with Crippen LogP contribution in [0.1, 0.15) is 6.92 Å². The number of rotatable bonds is 6. The lowest BCUT2D eigenvalue weighted by Crippen LogP contribution is -2.25. The number of nitrogens with zero attached hydrogens (tertiary/aromatic N) is 1. The van der Waals surface area contributed by atoms with Gasteiger partial charge in [0.1, 0.15) is 0 Å². The molecular formula is C17H15ClN2O3S. The van der Waals surface area contributed by atoms with Crippen LogP contribution in [0.5, 0.6) is 0 Å². The molecule has 0 aromatic heterocycles. The molecule has 1 N–H and O–H groups in total. The van der Waals surface area contributed by atoms with Crippen molar-refractivity contribution >= 4 is 45.8 Å². The number of esters is 1. The number of Topliss-reactive ketones (excluding diaryl/α,β-unsaturated/α-hetero) is 1. The summed E-state index contributed by atoms with van der Waals surface area (Å²) in [6.07, 6.45) is 0. The van der Waals surface area contributed by atoms with Gasteiger partial charge in [0.2, 0.25) is 0 Å². The third-order valence-corrected chi connectivity index (χ3v) is 4.07. The minimum absolute atomic E-state index is 0.0282. The smallest absolute Gasteiger partial charge is 0.382 e. The van der Waals surface area contributed by atoms with E-state index in [1.54, 1.807) is 31.2 Å². The highest BCUT2D eigenvalue weighted by Gasteiger charge is 2.23. The van der Waals surface area contributed by atoms with Crippen molar-refractivity contribution in [1.82, 2.24) is 0 Å². The number of benzene rings is 2. The minimum Gasteiger partial charge on any atom is -0.460 e. The van der Waals surface area contributed by atoms with Crippen LogP contribution in [0.15, 0.2) is 64.6 Å². The van der Waals surface area contributed by atoms with Crippen molar-refractivity contribution in [3.63, 3.8) is 0 Å². The first kappa shape index (κ1) is 18.0. The third kappa shape index (κ3) is 5.11. The molecule has 0 amide bonds. The van der Waals surface area contributed by atoms with Crippen molar-refractivity contribution in [2.24, 2.45) is 5.10 Å². The van der Waals surface area contributed by atoms with Crippen molar-refractivity contribution in [1.29, 1.82) is 0 Å². The van der Waals surface area contributed by atoms with Crippen LogP contribution < -0.4 is 5.43 Å². The van der Waals surface area contributed by atoms with E-state index >= 15 is 0 Å². The fraction of sp³-hybridized carbons (Fsp3) is 0.118. The van der Waals surface area contributed by atoms with Gasteiger partial charge in [-0.05, 0) is 31.2 Å². The second-order valence-electron chi connectivity index (χ2n) is 4.47. The molecule has 0 heterocycles. The average molecular weight is 363 g/mol. The number of carbonyl (C=O) groups is 2.